The summed E-state index contributed by atoms with van der Waals surface area (Å²) in [6.45, 7) is 8.17. The van der Waals surface area contributed by atoms with Gasteiger partial charge >= 0.3 is 0 Å². The van der Waals surface area contributed by atoms with Crippen LogP contribution in [0.15, 0.2) is 18.2 Å². The number of carbonyl (C=O) groups is 1. The van der Waals surface area contributed by atoms with Crippen LogP contribution >= 0.6 is 0 Å². The summed E-state index contributed by atoms with van der Waals surface area (Å²) in [5.74, 6) is 0.498. The molecule has 5 heteroatoms. The lowest BCUT2D eigenvalue weighted by Crippen LogP contribution is -2.17. The Labute approximate surface area is 175 Å². The fourth-order valence-corrected chi connectivity index (χ4v) is 4.09. The molecule has 160 valence electrons. The van der Waals surface area contributed by atoms with Crippen LogP contribution in [0.4, 0.5) is 0 Å². The van der Waals surface area contributed by atoms with Crippen molar-refractivity contribution in [1.29, 1.82) is 0 Å². The minimum absolute atomic E-state index is 0.353. The lowest BCUT2D eigenvalue weighted by molar-refractivity contribution is 0.1000. The van der Waals surface area contributed by atoms with E-state index in [9.17, 15) is 4.79 Å². The third-order valence-corrected chi connectivity index (χ3v) is 5.57. The maximum Gasteiger partial charge on any atom is 0.251 e. The van der Waals surface area contributed by atoms with Crippen LogP contribution in [-0.4, -0.2) is 43.1 Å². The standard InChI is InChI=1S/C24H37N3O2/c1-7-8-9-11-20-23(19-12-13-21(29-6)17(2)16-19)22(24(25)28)18(3)27(20)15-10-14-26(4)5/h12-13,16H,7-11,14-15H2,1-6H3,(H2,25,28). The zero-order valence-corrected chi connectivity index (χ0v) is 19.0. The SMILES string of the molecule is CCCCCc1c(-c2ccc(OC)c(C)c2)c(C(N)=O)c(C)n1CCCN(C)C. The number of carbonyl (C=O) groups excluding carboxylic acids is 1. The smallest absolute Gasteiger partial charge is 0.251 e. The highest BCUT2D eigenvalue weighted by Crippen LogP contribution is 2.36. The van der Waals surface area contributed by atoms with Crippen molar-refractivity contribution in [2.75, 3.05) is 27.7 Å². The highest BCUT2D eigenvalue weighted by Gasteiger charge is 2.24. The van der Waals surface area contributed by atoms with Crippen LogP contribution in [0.3, 0.4) is 0 Å². The van der Waals surface area contributed by atoms with Gasteiger partial charge in [0, 0.05) is 23.5 Å². The second-order valence-electron chi connectivity index (χ2n) is 8.10. The summed E-state index contributed by atoms with van der Waals surface area (Å²) < 4.78 is 7.75. The molecule has 0 saturated heterocycles. The minimum Gasteiger partial charge on any atom is -0.496 e. The van der Waals surface area contributed by atoms with Crippen LogP contribution in [0, 0.1) is 13.8 Å². The minimum atomic E-state index is -0.353. The van der Waals surface area contributed by atoms with Gasteiger partial charge in [-0.3, -0.25) is 4.79 Å². The van der Waals surface area contributed by atoms with E-state index in [4.69, 9.17) is 10.5 Å². The van der Waals surface area contributed by atoms with Crippen LogP contribution in [0.2, 0.25) is 0 Å². The molecule has 0 spiro atoms. The number of nitrogens with zero attached hydrogens (tertiary/aromatic N) is 2. The number of aromatic nitrogens is 1. The number of primary amides is 1. The summed E-state index contributed by atoms with van der Waals surface area (Å²) in [5, 5.41) is 0. The number of amides is 1. The number of methoxy groups -OCH3 is 1. The number of unbranched alkanes of at least 4 members (excludes halogenated alkanes) is 2. The molecule has 0 aliphatic rings. The van der Waals surface area contributed by atoms with Crippen molar-refractivity contribution in [2.24, 2.45) is 5.73 Å². The molecule has 2 rings (SSSR count). The van der Waals surface area contributed by atoms with Gasteiger partial charge in [0.15, 0.2) is 0 Å². The Bertz CT molecular complexity index is 837. The van der Waals surface area contributed by atoms with E-state index in [2.05, 4.69) is 36.6 Å². The van der Waals surface area contributed by atoms with Gasteiger partial charge in [0.2, 0.25) is 0 Å². The van der Waals surface area contributed by atoms with Crippen LogP contribution < -0.4 is 10.5 Å². The van der Waals surface area contributed by atoms with Crippen molar-refractivity contribution < 1.29 is 9.53 Å². The Balaban J connectivity index is 2.61. The molecule has 5 nitrogen and oxygen atoms in total. The van der Waals surface area contributed by atoms with Crippen molar-refractivity contribution in [1.82, 2.24) is 9.47 Å². The number of ether oxygens (including phenoxy) is 1. The summed E-state index contributed by atoms with van der Waals surface area (Å²) >= 11 is 0. The monoisotopic (exact) mass is 399 g/mol. The van der Waals surface area contributed by atoms with E-state index in [1.165, 1.54) is 18.5 Å². The number of hydrogen-bond acceptors (Lipinski definition) is 3. The van der Waals surface area contributed by atoms with Crippen LogP contribution in [0.25, 0.3) is 11.1 Å². The molecule has 1 aromatic carbocycles. The van der Waals surface area contributed by atoms with Gasteiger partial charge in [-0.15, -0.1) is 0 Å². The van der Waals surface area contributed by atoms with Gasteiger partial charge in [0.25, 0.3) is 5.91 Å². The van der Waals surface area contributed by atoms with Crippen LogP contribution in [0.5, 0.6) is 5.75 Å². The Morgan fingerprint density at radius 3 is 2.45 bits per heavy atom. The lowest BCUT2D eigenvalue weighted by atomic mass is 9.96. The summed E-state index contributed by atoms with van der Waals surface area (Å²) in [4.78, 5) is 14.7. The molecule has 2 aromatic rings. The quantitative estimate of drug-likeness (QED) is 0.563. The normalized spacial score (nSPS) is 11.3. The summed E-state index contributed by atoms with van der Waals surface area (Å²) in [7, 11) is 5.86. The summed E-state index contributed by atoms with van der Waals surface area (Å²) in [6.07, 6.45) is 5.43. The average Bonchev–Trinajstić information content (AvgIpc) is 2.94. The van der Waals surface area contributed by atoms with E-state index >= 15 is 0 Å². The number of nitrogens with two attached hydrogens (primary N) is 1. The fraction of sp³-hybridized carbons (Fsp3) is 0.542. The first-order valence-corrected chi connectivity index (χ1v) is 10.6. The first kappa shape index (κ1) is 23.0. The van der Waals surface area contributed by atoms with Gasteiger partial charge < -0.3 is 19.9 Å². The van der Waals surface area contributed by atoms with Gasteiger partial charge in [-0.05, 0) is 77.0 Å². The number of benzene rings is 1. The van der Waals surface area contributed by atoms with Crippen molar-refractivity contribution >= 4 is 5.91 Å². The van der Waals surface area contributed by atoms with Gasteiger partial charge in [-0.1, -0.05) is 25.8 Å². The molecule has 0 fully saturated rings. The second kappa shape index (κ2) is 10.5. The maximum absolute atomic E-state index is 12.5. The lowest BCUT2D eigenvalue weighted by Gasteiger charge is -2.15. The van der Waals surface area contributed by atoms with Gasteiger partial charge in [0.1, 0.15) is 5.75 Å². The number of rotatable bonds is 11. The van der Waals surface area contributed by atoms with E-state index in [0.717, 1.165) is 60.5 Å². The van der Waals surface area contributed by atoms with Crippen molar-refractivity contribution in [3.05, 3.63) is 40.7 Å². The predicted octanol–water partition coefficient (Wildman–Crippen LogP) is 4.56. The highest BCUT2D eigenvalue weighted by atomic mass is 16.5. The molecule has 29 heavy (non-hydrogen) atoms. The van der Waals surface area contributed by atoms with E-state index in [1.54, 1.807) is 7.11 Å². The first-order valence-electron chi connectivity index (χ1n) is 10.6. The third-order valence-electron chi connectivity index (χ3n) is 5.57. The molecule has 1 aromatic heterocycles. The van der Waals surface area contributed by atoms with Crippen LogP contribution in [-0.2, 0) is 13.0 Å². The number of hydrogen-bond donors (Lipinski definition) is 1. The van der Waals surface area contributed by atoms with Gasteiger partial charge in [-0.2, -0.15) is 0 Å². The topological polar surface area (TPSA) is 60.5 Å². The molecule has 1 heterocycles. The Morgan fingerprint density at radius 2 is 1.90 bits per heavy atom. The maximum atomic E-state index is 12.5. The molecule has 0 unspecified atom stereocenters. The fourth-order valence-electron chi connectivity index (χ4n) is 4.09. The molecule has 0 aliphatic carbocycles. The van der Waals surface area contributed by atoms with E-state index in [-0.39, 0.29) is 5.91 Å². The number of aryl methyl sites for hydroxylation is 1. The van der Waals surface area contributed by atoms with Gasteiger partial charge in [0.05, 0.1) is 12.7 Å². The molecular formula is C24H37N3O2. The molecule has 0 atom stereocenters. The van der Waals surface area contributed by atoms with E-state index in [1.807, 2.05) is 26.0 Å². The average molecular weight is 400 g/mol. The molecular weight excluding hydrogens is 362 g/mol. The van der Waals surface area contributed by atoms with Crippen LogP contribution in [0.1, 0.15) is 59.9 Å². The first-order chi connectivity index (χ1) is 13.8. The predicted molar refractivity (Wildman–Crippen MR) is 121 cm³/mol. The van der Waals surface area contributed by atoms with Gasteiger partial charge in [-0.25, -0.2) is 0 Å². The van der Waals surface area contributed by atoms with Crippen molar-refractivity contribution in [3.63, 3.8) is 0 Å². The zero-order chi connectivity index (χ0) is 21.6. The largest absolute Gasteiger partial charge is 0.496 e. The zero-order valence-electron chi connectivity index (χ0n) is 19.0. The molecule has 0 aliphatic heterocycles. The third kappa shape index (κ3) is 5.41. The van der Waals surface area contributed by atoms with Crippen molar-refractivity contribution in [2.45, 2.75) is 59.4 Å². The van der Waals surface area contributed by atoms with E-state index < -0.39 is 0 Å². The molecule has 0 radical (unpaired) electrons. The van der Waals surface area contributed by atoms with Crippen molar-refractivity contribution in [3.8, 4) is 16.9 Å². The Hall–Kier alpha value is -2.27. The highest BCUT2D eigenvalue weighted by molar-refractivity contribution is 6.02. The molecule has 1 amide bonds. The molecule has 0 saturated carbocycles. The molecule has 0 bridgehead atoms. The van der Waals surface area contributed by atoms with E-state index in [0.29, 0.717) is 5.56 Å². The Kier molecular flexibility index (Phi) is 8.32. The Morgan fingerprint density at radius 1 is 1.17 bits per heavy atom. The summed E-state index contributed by atoms with van der Waals surface area (Å²) in [5.41, 5.74) is 11.8. The summed E-state index contributed by atoms with van der Waals surface area (Å²) in [6, 6.07) is 6.12. The molecule has 2 N–H and O–H groups in total. The second-order valence-corrected chi connectivity index (χ2v) is 8.10.